The summed E-state index contributed by atoms with van der Waals surface area (Å²) in [5.74, 6) is 0.476. The third-order valence-electron chi connectivity index (χ3n) is 4.29. The summed E-state index contributed by atoms with van der Waals surface area (Å²) in [6.07, 6.45) is 0. The van der Waals surface area contributed by atoms with Crippen LogP contribution >= 0.6 is 11.3 Å². The summed E-state index contributed by atoms with van der Waals surface area (Å²) in [5, 5.41) is 5.47. The number of thiophene rings is 1. The molecule has 0 aliphatic heterocycles. The first-order valence-corrected chi connectivity index (χ1v) is 8.31. The molecule has 3 heteroatoms. The second-order valence-electron chi connectivity index (χ2n) is 6.54. The third kappa shape index (κ3) is 4.14. The molecule has 0 atom stereocenters. The fourth-order valence-corrected chi connectivity index (χ4v) is 2.78. The highest BCUT2D eigenvalue weighted by Crippen LogP contribution is 2.28. The monoisotopic (exact) mass is 305 g/mol. The van der Waals surface area contributed by atoms with Crippen LogP contribution in [0, 0.1) is 17.2 Å². The molecule has 0 amide bonds. The Morgan fingerprint density at radius 3 is 2.62 bits per heavy atom. The first kappa shape index (κ1) is 16.2. The van der Waals surface area contributed by atoms with Crippen LogP contribution in [0.3, 0.4) is 0 Å². The van der Waals surface area contributed by atoms with Gasteiger partial charge in [0.05, 0.1) is 0 Å². The van der Waals surface area contributed by atoms with Gasteiger partial charge < -0.3 is 5.32 Å². The van der Waals surface area contributed by atoms with Crippen molar-refractivity contribution in [2.24, 2.45) is 11.3 Å². The highest BCUT2D eigenvalue weighted by molar-refractivity contribution is 7.13. The number of nitrogens with one attached hydrogen (secondary N) is 1. The third-order valence-corrected chi connectivity index (χ3v) is 5.19. The van der Waals surface area contributed by atoms with E-state index in [2.05, 4.69) is 33.0 Å². The molecule has 0 bridgehead atoms. The van der Waals surface area contributed by atoms with E-state index in [0.29, 0.717) is 11.5 Å². The summed E-state index contributed by atoms with van der Waals surface area (Å²) in [7, 11) is 0. The van der Waals surface area contributed by atoms with E-state index in [-0.39, 0.29) is 11.2 Å². The van der Waals surface area contributed by atoms with Crippen molar-refractivity contribution in [1.29, 1.82) is 0 Å². The Kier molecular flexibility index (Phi) is 5.17. The maximum atomic E-state index is 13.9. The van der Waals surface area contributed by atoms with Crippen molar-refractivity contribution < 1.29 is 4.39 Å². The minimum absolute atomic E-state index is 0.149. The average Bonchev–Trinajstić information content (AvgIpc) is 2.94. The second-order valence-corrected chi connectivity index (χ2v) is 7.49. The Balaban J connectivity index is 2.04. The highest BCUT2D eigenvalue weighted by atomic mass is 32.1. The number of hydrogen-bond acceptors (Lipinski definition) is 2. The van der Waals surface area contributed by atoms with Crippen LogP contribution in [0.2, 0.25) is 0 Å². The van der Waals surface area contributed by atoms with E-state index in [4.69, 9.17) is 0 Å². The van der Waals surface area contributed by atoms with Crippen molar-refractivity contribution in [3.63, 3.8) is 0 Å². The van der Waals surface area contributed by atoms with Crippen LogP contribution in [0.25, 0.3) is 10.4 Å². The van der Waals surface area contributed by atoms with Gasteiger partial charge in [-0.25, -0.2) is 4.39 Å². The van der Waals surface area contributed by atoms with Gasteiger partial charge in [0.2, 0.25) is 0 Å². The van der Waals surface area contributed by atoms with Gasteiger partial charge >= 0.3 is 0 Å². The predicted octanol–water partition coefficient (Wildman–Crippen LogP) is 5.33. The lowest BCUT2D eigenvalue weighted by Crippen LogP contribution is -2.33. The van der Waals surface area contributed by atoms with Gasteiger partial charge in [-0.15, -0.1) is 11.3 Å². The number of rotatable bonds is 6. The van der Waals surface area contributed by atoms with Crippen LogP contribution < -0.4 is 5.32 Å². The zero-order valence-electron chi connectivity index (χ0n) is 13.2. The molecule has 0 saturated carbocycles. The van der Waals surface area contributed by atoms with Gasteiger partial charge in [-0.3, -0.25) is 0 Å². The smallest absolute Gasteiger partial charge is 0.131 e. The molecular weight excluding hydrogens is 281 g/mol. The minimum Gasteiger partial charge on any atom is -0.312 e. The predicted molar refractivity (Wildman–Crippen MR) is 90.0 cm³/mol. The van der Waals surface area contributed by atoms with Crippen LogP contribution in [0.15, 0.2) is 35.7 Å². The van der Waals surface area contributed by atoms with E-state index in [0.717, 1.165) is 23.5 Å². The van der Waals surface area contributed by atoms with Gasteiger partial charge in [0.1, 0.15) is 5.82 Å². The lowest BCUT2D eigenvalue weighted by atomic mass is 9.81. The Labute approximate surface area is 131 Å². The SMILES string of the molecule is CC(C)C(C)(C)CNCc1ccc(F)c(-c2cccs2)c1. The minimum atomic E-state index is -0.149. The van der Waals surface area contributed by atoms with Gasteiger partial charge in [0.15, 0.2) is 0 Å². The molecule has 0 fully saturated rings. The molecule has 1 aromatic heterocycles. The molecule has 0 aliphatic rings. The summed E-state index contributed by atoms with van der Waals surface area (Å²) in [6.45, 7) is 10.8. The fourth-order valence-electron chi connectivity index (χ4n) is 2.04. The van der Waals surface area contributed by atoms with Gasteiger partial charge in [-0.2, -0.15) is 0 Å². The van der Waals surface area contributed by atoms with E-state index in [1.807, 2.05) is 29.6 Å². The molecule has 1 heterocycles. The van der Waals surface area contributed by atoms with Crippen LogP contribution in [0.4, 0.5) is 4.39 Å². The van der Waals surface area contributed by atoms with Crippen LogP contribution in [-0.2, 0) is 6.54 Å². The van der Waals surface area contributed by atoms with Crippen LogP contribution in [-0.4, -0.2) is 6.54 Å². The Morgan fingerprint density at radius 2 is 2.00 bits per heavy atom. The fraction of sp³-hybridized carbons (Fsp3) is 0.444. The first-order chi connectivity index (χ1) is 9.90. The zero-order chi connectivity index (χ0) is 15.5. The van der Waals surface area contributed by atoms with Crippen molar-refractivity contribution in [3.8, 4) is 10.4 Å². The maximum Gasteiger partial charge on any atom is 0.131 e. The molecule has 21 heavy (non-hydrogen) atoms. The van der Waals surface area contributed by atoms with Crippen molar-refractivity contribution in [3.05, 3.63) is 47.1 Å². The van der Waals surface area contributed by atoms with Crippen molar-refractivity contribution in [2.45, 2.75) is 34.2 Å². The van der Waals surface area contributed by atoms with Crippen LogP contribution in [0.1, 0.15) is 33.3 Å². The van der Waals surface area contributed by atoms with Gasteiger partial charge in [-0.1, -0.05) is 39.8 Å². The van der Waals surface area contributed by atoms with Crippen molar-refractivity contribution in [2.75, 3.05) is 6.54 Å². The molecule has 1 nitrogen and oxygen atoms in total. The lowest BCUT2D eigenvalue weighted by Gasteiger charge is -2.29. The zero-order valence-corrected chi connectivity index (χ0v) is 14.1. The van der Waals surface area contributed by atoms with Crippen LogP contribution in [0.5, 0.6) is 0 Å². The molecular formula is C18H24FNS. The van der Waals surface area contributed by atoms with Gasteiger partial charge in [-0.05, 0) is 40.5 Å². The molecule has 114 valence electrons. The first-order valence-electron chi connectivity index (χ1n) is 7.43. The van der Waals surface area contributed by atoms with E-state index in [9.17, 15) is 4.39 Å². The maximum absolute atomic E-state index is 13.9. The summed E-state index contributed by atoms with van der Waals surface area (Å²) < 4.78 is 13.9. The molecule has 0 unspecified atom stereocenters. The summed E-state index contributed by atoms with van der Waals surface area (Å²) >= 11 is 1.57. The standard InChI is InChI=1S/C18H24FNS/c1-13(2)18(3,4)12-20-11-14-7-8-16(19)15(10-14)17-6-5-9-21-17/h5-10,13,20H,11-12H2,1-4H3. The van der Waals surface area contributed by atoms with E-state index < -0.39 is 0 Å². The largest absolute Gasteiger partial charge is 0.312 e. The van der Waals surface area contributed by atoms with Crippen molar-refractivity contribution in [1.82, 2.24) is 5.32 Å². The highest BCUT2D eigenvalue weighted by Gasteiger charge is 2.21. The summed E-state index contributed by atoms with van der Waals surface area (Å²) in [4.78, 5) is 0.983. The number of halogens is 1. The average molecular weight is 305 g/mol. The summed E-state index contributed by atoms with van der Waals surface area (Å²) in [5.41, 5.74) is 2.09. The molecule has 2 rings (SSSR count). The Hall–Kier alpha value is -1.19. The summed E-state index contributed by atoms with van der Waals surface area (Å²) in [6, 6.07) is 9.30. The van der Waals surface area contributed by atoms with Crippen molar-refractivity contribution >= 4 is 11.3 Å². The Bertz CT molecular complexity index is 573. The molecule has 0 saturated heterocycles. The number of benzene rings is 1. The van der Waals surface area contributed by atoms with E-state index in [1.54, 1.807) is 17.4 Å². The molecule has 1 aromatic carbocycles. The second kappa shape index (κ2) is 6.71. The quantitative estimate of drug-likeness (QED) is 0.761. The molecule has 0 radical (unpaired) electrons. The van der Waals surface area contributed by atoms with E-state index >= 15 is 0 Å². The molecule has 2 aromatic rings. The van der Waals surface area contributed by atoms with E-state index in [1.165, 1.54) is 0 Å². The normalized spacial score (nSPS) is 12.1. The van der Waals surface area contributed by atoms with Gasteiger partial charge in [0.25, 0.3) is 0 Å². The Morgan fingerprint density at radius 1 is 1.24 bits per heavy atom. The number of hydrogen-bond donors (Lipinski definition) is 1. The lowest BCUT2D eigenvalue weighted by molar-refractivity contribution is 0.238. The van der Waals surface area contributed by atoms with Gasteiger partial charge in [0, 0.05) is 23.5 Å². The molecule has 0 aliphatic carbocycles. The topological polar surface area (TPSA) is 12.0 Å². The molecule has 1 N–H and O–H groups in total. The molecule has 0 spiro atoms.